The van der Waals surface area contributed by atoms with E-state index in [1.54, 1.807) is 0 Å². The third-order valence-electron chi connectivity index (χ3n) is 5.61. The summed E-state index contributed by atoms with van der Waals surface area (Å²) in [6.07, 6.45) is 8.43. The molecule has 0 aliphatic heterocycles. The highest BCUT2D eigenvalue weighted by molar-refractivity contribution is 5.13. The molecule has 0 radical (unpaired) electrons. The lowest BCUT2D eigenvalue weighted by Crippen LogP contribution is -2.49. The molecule has 0 aromatic carbocycles. The average Bonchev–Trinajstić information content (AvgIpc) is 2.24. The van der Waals surface area contributed by atoms with Crippen LogP contribution in [-0.2, 0) is 0 Å². The van der Waals surface area contributed by atoms with Crippen LogP contribution in [0.15, 0.2) is 0 Å². The molecule has 2 heteroatoms. The maximum atomic E-state index is 10.9. The summed E-state index contributed by atoms with van der Waals surface area (Å²) >= 11 is 0. The van der Waals surface area contributed by atoms with Gasteiger partial charge >= 0.3 is 0 Å². The lowest BCUT2D eigenvalue weighted by Gasteiger charge is -2.49. The number of nitriles is 1. The molecule has 0 aromatic heterocycles. The van der Waals surface area contributed by atoms with Gasteiger partial charge in [0.2, 0.25) is 0 Å². The van der Waals surface area contributed by atoms with Crippen molar-refractivity contribution in [2.45, 2.75) is 77.7 Å². The molecule has 0 bridgehead atoms. The van der Waals surface area contributed by atoms with Crippen LogP contribution >= 0.6 is 0 Å². The number of hydrogen-bond donors (Lipinski definition) is 1. The summed E-state index contributed by atoms with van der Waals surface area (Å²) in [5.74, 6) is 0.653. The second-order valence-electron chi connectivity index (χ2n) is 7.63. The molecule has 2 nitrogen and oxygen atoms in total. The van der Waals surface area contributed by atoms with E-state index in [9.17, 15) is 10.4 Å². The van der Waals surface area contributed by atoms with Crippen LogP contribution in [-0.4, -0.2) is 10.7 Å². The normalized spacial score (nSPS) is 29.9. The van der Waals surface area contributed by atoms with Crippen molar-refractivity contribution in [2.75, 3.05) is 0 Å². The maximum absolute atomic E-state index is 10.9. The Bertz CT molecular complexity index is 337. The number of rotatable bonds is 3. The molecular formula is C16H27NO. The zero-order valence-corrected chi connectivity index (χ0v) is 12.1. The molecule has 18 heavy (non-hydrogen) atoms. The van der Waals surface area contributed by atoms with E-state index >= 15 is 0 Å². The Morgan fingerprint density at radius 3 is 2.17 bits per heavy atom. The summed E-state index contributed by atoms with van der Waals surface area (Å²) in [4.78, 5) is 0. The van der Waals surface area contributed by atoms with E-state index in [-0.39, 0.29) is 0 Å². The lowest BCUT2D eigenvalue weighted by molar-refractivity contribution is -0.0919. The van der Waals surface area contributed by atoms with Gasteiger partial charge < -0.3 is 5.11 Å². The Balaban J connectivity index is 2.09. The molecule has 2 fully saturated rings. The van der Waals surface area contributed by atoms with Gasteiger partial charge in [0.1, 0.15) is 0 Å². The number of aliphatic hydroxyl groups is 1. The molecule has 0 heterocycles. The fraction of sp³-hybridized carbons (Fsp3) is 0.938. The largest absolute Gasteiger partial charge is 0.389 e. The monoisotopic (exact) mass is 249 g/mol. The minimum atomic E-state index is -0.802. The quantitative estimate of drug-likeness (QED) is 0.820. The van der Waals surface area contributed by atoms with Crippen LogP contribution in [0.5, 0.6) is 0 Å². The van der Waals surface area contributed by atoms with Crippen molar-refractivity contribution in [3.8, 4) is 6.07 Å². The summed E-state index contributed by atoms with van der Waals surface area (Å²) in [6, 6.07) is 2.50. The van der Waals surface area contributed by atoms with Crippen LogP contribution in [0.4, 0.5) is 0 Å². The van der Waals surface area contributed by atoms with Crippen LogP contribution in [0.2, 0.25) is 0 Å². The first kappa shape index (κ1) is 13.9. The average molecular weight is 249 g/mol. The first-order valence-electron chi connectivity index (χ1n) is 7.44. The number of hydrogen-bond acceptors (Lipinski definition) is 2. The summed E-state index contributed by atoms with van der Waals surface area (Å²) < 4.78 is 0. The predicted octanol–water partition coefficient (Wildman–Crippen LogP) is 4.04. The van der Waals surface area contributed by atoms with Crippen molar-refractivity contribution in [1.29, 1.82) is 5.26 Å². The molecule has 2 saturated carbocycles. The van der Waals surface area contributed by atoms with E-state index in [0.717, 1.165) is 32.1 Å². The van der Waals surface area contributed by atoms with Crippen molar-refractivity contribution in [2.24, 2.45) is 16.7 Å². The number of nitrogens with zero attached hydrogens (tertiary/aromatic N) is 1. The highest BCUT2D eigenvalue weighted by atomic mass is 16.3. The van der Waals surface area contributed by atoms with Crippen molar-refractivity contribution in [3.05, 3.63) is 0 Å². The van der Waals surface area contributed by atoms with Gasteiger partial charge in [0.05, 0.1) is 17.1 Å². The van der Waals surface area contributed by atoms with Crippen LogP contribution in [0.25, 0.3) is 0 Å². The summed E-state index contributed by atoms with van der Waals surface area (Å²) in [6.45, 7) is 6.46. The molecule has 2 rings (SSSR count). The van der Waals surface area contributed by atoms with Gasteiger partial charge in [0.25, 0.3) is 0 Å². The van der Waals surface area contributed by atoms with Gasteiger partial charge in [0, 0.05) is 0 Å². The minimum Gasteiger partial charge on any atom is -0.389 e. The standard InChI is InChI=1S/C16H27NO/c1-14(2)7-9-16(12-17,10-8-14)15(3,18)11-13-5-4-6-13/h13,18H,4-11H2,1-3H3. The maximum Gasteiger partial charge on any atom is 0.0858 e. The molecule has 102 valence electrons. The van der Waals surface area contributed by atoms with Gasteiger partial charge in [0.15, 0.2) is 0 Å². The van der Waals surface area contributed by atoms with E-state index in [1.165, 1.54) is 19.3 Å². The Hall–Kier alpha value is -0.550. The van der Waals surface area contributed by atoms with Crippen LogP contribution in [0, 0.1) is 28.1 Å². The van der Waals surface area contributed by atoms with Crippen LogP contribution < -0.4 is 0 Å². The first-order chi connectivity index (χ1) is 8.30. The van der Waals surface area contributed by atoms with Crippen molar-refractivity contribution >= 4 is 0 Å². The molecule has 1 atom stereocenters. The van der Waals surface area contributed by atoms with E-state index in [4.69, 9.17) is 0 Å². The Kier molecular flexibility index (Phi) is 3.49. The van der Waals surface area contributed by atoms with Crippen molar-refractivity contribution in [3.63, 3.8) is 0 Å². The fourth-order valence-electron chi connectivity index (χ4n) is 3.58. The molecule has 1 unspecified atom stereocenters. The molecule has 1 N–H and O–H groups in total. The molecule has 2 aliphatic carbocycles. The third kappa shape index (κ3) is 2.43. The van der Waals surface area contributed by atoms with Crippen LogP contribution in [0.3, 0.4) is 0 Å². The zero-order chi connectivity index (χ0) is 13.4. The SMILES string of the molecule is CC1(C)CCC(C#N)(C(C)(O)CC2CCC2)CC1. The predicted molar refractivity (Wildman–Crippen MR) is 72.9 cm³/mol. The third-order valence-corrected chi connectivity index (χ3v) is 5.61. The smallest absolute Gasteiger partial charge is 0.0858 e. The minimum absolute atomic E-state index is 0.340. The van der Waals surface area contributed by atoms with Crippen molar-refractivity contribution < 1.29 is 5.11 Å². The lowest BCUT2D eigenvalue weighted by atomic mass is 9.57. The van der Waals surface area contributed by atoms with Gasteiger partial charge in [-0.2, -0.15) is 5.26 Å². The van der Waals surface area contributed by atoms with Crippen molar-refractivity contribution in [1.82, 2.24) is 0 Å². The topological polar surface area (TPSA) is 44.0 Å². The molecule has 2 aliphatic rings. The second-order valence-corrected chi connectivity index (χ2v) is 7.63. The Labute approximate surface area is 111 Å². The van der Waals surface area contributed by atoms with Gasteiger partial charge in [-0.05, 0) is 50.4 Å². The fourth-order valence-corrected chi connectivity index (χ4v) is 3.58. The molecule has 0 saturated heterocycles. The molecular weight excluding hydrogens is 222 g/mol. The zero-order valence-electron chi connectivity index (χ0n) is 12.1. The molecule has 0 spiro atoms. The van der Waals surface area contributed by atoms with E-state index in [2.05, 4.69) is 19.9 Å². The summed E-state index contributed by atoms with van der Waals surface area (Å²) in [5.41, 5.74) is -0.964. The van der Waals surface area contributed by atoms with Gasteiger partial charge in [-0.25, -0.2) is 0 Å². The van der Waals surface area contributed by atoms with E-state index < -0.39 is 11.0 Å². The van der Waals surface area contributed by atoms with E-state index in [1.807, 2.05) is 6.92 Å². The second kappa shape index (κ2) is 4.53. The van der Waals surface area contributed by atoms with Crippen LogP contribution in [0.1, 0.15) is 72.1 Å². The highest BCUT2D eigenvalue weighted by Crippen LogP contribution is 2.53. The Morgan fingerprint density at radius 2 is 1.78 bits per heavy atom. The van der Waals surface area contributed by atoms with Gasteiger partial charge in [-0.3, -0.25) is 0 Å². The molecule has 0 aromatic rings. The Morgan fingerprint density at radius 1 is 1.22 bits per heavy atom. The van der Waals surface area contributed by atoms with E-state index in [0.29, 0.717) is 11.3 Å². The van der Waals surface area contributed by atoms with Gasteiger partial charge in [-0.15, -0.1) is 0 Å². The van der Waals surface area contributed by atoms with Gasteiger partial charge in [-0.1, -0.05) is 33.1 Å². The summed E-state index contributed by atoms with van der Waals surface area (Å²) in [7, 11) is 0. The summed E-state index contributed by atoms with van der Waals surface area (Å²) in [5, 5.41) is 20.5. The first-order valence-corrected chi connectivity index (χ1v) is 7.44. The highest BCUT2D eigenvalue weighted by Gasteiger charge is 2.51. The molecule has 0 amide bonds.